The molecule has 0 aromatic carbocycles. The molecule has 82 valence electrons. The highest BCUT2D eigenvalue weighted by molar-refractivity contribution is 5.83. The van der Waals surface area contributed by atoms with E-state index in [0.717, 1.165) is 4.90 Å². The van der Waals surface area contributed by atoms with Crippen molar-refractivity contribution in [2.45, 2.75) is 18.6 Å². The Labute approximate surface area is 86.9 Å². The van der Waals surface area contributed by atoms with Gasteiger partial charge in [0.25, 0.3) is 0 Å². The molecule has 3 N–H and O–H groups in total. The number of nitrogens with zero attached hydrogens (tertiary/aromatic N) is 1. The summed E-state index contributed by atoms with van der Waals surface area (Å²) in [7, 11) is 0. The molecule has 1 aliphatic heterocycles. The summed E-state index contributed by atoms with van der Waals surface area (Å²) in [6.07, 6.45) is 4.21. The van der Waals surface area contributed by atoms with Gasteiger partial charge in [-0.15, -0.1) is 6.42 Å². The SMILES string of the molecule is C#CCNC(=O)N1CC(O)C[C@H]1C(=O)O. The number of β-amino-alcohol motifs (C(OH)–C–C–N with tert-alkyl or cyclic N) is 1. The zero-order valence-corrected chi connectivity index (χ0v) is 8.01. The lowest BCUT2D eigenvalue weighted by molar-refractivity contribution is -0.141. The van der Waals surface area contributed by atoms with Gasteiger partial charge >= 0.3 is 12.0 Å². The average molecular weight is 212 g/mol. The molecule has 6 nitrogen and oxygen atoms in total. The molecule has 1 aliphatic rings. The lowest BCUT2D eigenvalue weighted by Crippen LogP contribution is -2.46. The molecule has 0 spiro atoms. The summed E-state index contributed by atoms with van der Waals surface area (Å²) in [4.78, 5) is 23.2. The first-order valence-corrected chi connectivity index (χ1v) is 4.45. The third-order valence-electron chi connectivity index (χ3n) is 2.17. The summed E-state index contributed by atoms with van der Waals surface area (Å²) in [5.41, 5.74) is 0. The van der Waals surface area contributed by atoms with Crippen LogP contribution in [0.3, 0.4) is 0 Å². The van der Waals surface area contributed by atoms with Crippen molar-refractivity contribution in [3.63, 3.8) is 0 Å². The number of carboxylic acids is 1. The Morgan fingerprint density at radius 2 is 2.27 bits per heavy atom. The Hall–Kier alpha value is -1.74. The largest absolute Gasteiger partial charge is 0.480 e. The highest BCUT2D eigenvalue weighted by Crippen LogP contribution is 2.17. The van der Waals surface area contributed by atoms with Crippen LogP contribution in [0.2, 0.25) is 0 Å². The van der Waals surface area contributed by atoms with Crippen LogP contribution < -0.4 is 5.32 Å². The first-order chi connectivity index (χ1) is 7.06. The Bertz CT molecular complexity index is 310. The molecule has 6 heteroatoms. The van der Waals surface area contributed by atoms with Gasteiger partial charge in [-0.2, -0.15) is 0 Å². The van der Waals surface area contributed by atoms with E-state index in [4.69, 9.17) is 11.5 Å². The van der Waals surface area contributed by atoms with Crippen LogP contribution in [0.25, 0.3) is 0 Å². The highest BCUT2D eigenvalue weighted by atomic mass is 16.4. The molecule has 2 amide bonds. The third kappa shape index (κ3) is 2.60. The zero-order chi connectivity index (χ0) is 11.4. The van der Waals surface area contributed by atoms with Crippen LogP contribution in [0.5, 0.6) is 0 Å². The maximum Gasteiger partial charge on any atom is 0.326 e. The minimum Gasteiger partial charge on any atom is -0.480 e. The van der Waals surface area contributed by atoms with Gasteiger partial charge in [-0.3, -0.25) is 0 Å². The number of hydrogen-bond donors (Lipinski definition) is 3. The monoisotopic (exact) mass is 212 g/mol. The van der Waals surface area contributed by atoms with Crippen molar-refractivity contribution in [2.24, 2.45) is 0 Å². The molecule has 2 atom stereocenters. The van der Waals surface area contributed by atoms with E-state index >= 15 is 0 Å². The van der Waals surface area contributed by atoms with E-state index < -0.39 is 24.1 Å². The number of likely N-dealkylation sites (tertiary alicyclic amines) is 1. The van der Waals surface area contributed by atoms with Crippen molar-refractivity contribution in [1.82, 2.24) is 10.2 Å². The Balaban J connectivity index is 2.63. The van der Waals surface area contributed by atoms with Crippen molar-refractivity contribution in [3.8, 4) is 12.3 Å². The minimum atomic E-state index is -1.12. The molecule has 0 aliphatic carbocycles. The maximum atomic E-state index is 11.4. The van der Waals surface area contributed by atoms with Crippen LogP contribution in [-0.2, 0) is 4.79 Å². The number of carbonyl (C=O) groups excluding carboxylic acids is 1. The fraction of sp³-hybridized carbons (Fsp3) is 0.556. The zero-order valence-electron chi connectivity index (χ0n) is 8.01. The Kier molecular flexibility index (Phi) is 3.52. The molecule has 1 fully saturated rings. The molecule has 1 heterocycles. The van der Waals surface area contributed by atoms with Gasteiger partial charge in [0, 0.05) is 13.0 Å². The second kappa shape index (κ2) is 4.66. The number of aliphatic hydroxyl groups is 1. The molecule has 0 bridgehead atoms. The van der Waals surface area contributed by atoms with Gasteiger partial charge in [-0.25, -0.2) is 9.59 Å². The van der Waals surface area contributed by atoms with Crippen LogP contribution in [0, 0.1) is 12.3 Å². The van der Waals surface area contributed by atoms with Gasteiger partial charge in [0.2, 0.25) is 0 Å². The van der Waals surface area contributed by atoms with E-state index in [1.165, 1.54) is 0 Å². The summed E-state index contributed by atoms with van der Waals surface area (Å²) >= 11 is 0. The van der Waals surface area contributed by atoms with Crippen LogP contribution in [-0.4, -0.2) is 52.3 Å². The fourth-order valence-electron chi connectivity index (χ4n) is 1.50. The number of terminal acetylenes is 1. The number of aliphatic hydroxyl groups excluding tert-OH is 1. The molecule has 15 heavy (non-hydrogen) atoms. The second-order valence-corrected chi connectivity index (χ2v) is 3.26. The number of aliphatic carboxylic acids is 1. The highest BCUT2D eigenvalue weighted by Gasteiger charge is 2.38. The first kappa shape index (κ1) is 11.3. The van der Waals surface area contributed by atoms with Crippen molar-refractivity contribution in [1.29, 1.82) is 0 Å². The second-order valence-electron chi connectivity index (χ2n) is 3.26. The molecule has 0 aromatic heterocycles. The Morgan fingerprint density at radius 1 is 1.60 bits per heavy atom. The summed E-state index contributed by atoms with van der Waals surface area (Å²) in [5.74, 6) is 1.09. The number of urea groups is 1. The number of rotatable bonds is 2. The number of carboxylic acid groups (broad SMARTS) is 1. The van der Waals surface area contributed by atoms with Gasteiger partial charge in [0.05, 0.1) is 12.6 Å². The number of hydrogen-bond acceptors (Lipinski definition) is 3. The Morgan fingerprint density at radius 3 is 2.80 bits per heavy atom. The van der Waals surface area contributed by atoms with Gasteiger partial charge in [0.15, 0.2) is 0 Å². The summed E-state index contributed by atoms with van der Waals surface area (Å²) < 4.78 is 0. The minimum absolute atomic E-state index is 0.0212. The van der Waals surface area contributed by atoms with E-state index in [1.54, 1.807) is 0 Å². The summed E-state index contributed by atoms with van der Waals surface area (Å²) in [6.45, 7) is 0.0607. The molecule has 1 saturated heterocycles. The predicted octanol–water partition coefficient (Wildman–Crippen LogP) is -1.15. The van der Waals surface area contributed by atoms with E-state index in [9.17, 15) is 14.7 Å². The lowest BCUT2D eigenvalue weighted by atomic mass is 10.2. The molecule has 1 unspecified atom stereocenters. The quantitative estimate of drug-likeness (QED) is 0.504. The summed E-state index contributed by atoms with van der Waals surface area (Å²) in [6, 6.07) is -1.53. The van der Waals surface area contributed by atoms with Crippen LogP contribution >= 0.6 is 0 Å². The molecular formula is C9H12N2O4. The van der Waals surface area contributed by atoms with Crippen LogP contribution in [0.15, 0.2) is 0 Å². The number of nitrogens with one attached hydrogen (secondary N) is 1. The lowest BCUT2D eigenvalue weighted by Gasteiger charge is -2.20. The van der Waals surface area contributed by atoms with Gasteiger partial charge < -0.3 is 20.4 Å². The van der Waals surface area contributed by atoms with E-state index in [1.807, 2.05) is 0 Å². The van der Waals surface area contributed by atoms with Crippen molar-refractivity contribution < 1.29 is 19.8 Å². The van der Waals surface area contributed by atoms with Crippen molar-refractivity contribution >= 4 is 12.0 Å². The van der Waals surface area contributed by atoms with Crippen LogP contribution in [0.1, 0.15) is 6.42 Å². The van der Waals surface area contributed by atoms with E-state index in [-0.39, 0.29) is 19.5 Å². The molecular weight excluding hydrogens is 200 g/mol. The van der Waals surface area contributed by atoms with Gasteiger partial charge in [0.1, 0.15) is 6.04 Å². The molecule has 0 aromatic rings. The normalized spacial score (nSPS) is 24.7. The molecule has 1 rings (SSSR count). The molecule has 0 radical (unpaired) electrons. The maximum absolute atomic E-state index is 11.4. The third-order valence-corrected chi connectivity index (χ3v) is 2.17. The standard InChI is InChI=1S/C9H12N2O4/c1-2-3-10-9(15)11-5-6(12)4-7(11)8(13)14/h1,6-7,12H,3-5H2,(H,10,15)(H,13,14)/t6?,7-/m0/s1. The summed E-state index contributed by atoms with van der Waals surface area (Å²) in [5, 5.41) is 20.4. The van der Waals surface area contributed by atoms with Gasteiger partial charge in [-0.1, -0.05) is 5.92 Å². The predicted molar refractivity (Wildman–Crippen MR) is 51.0 cm³/mol. The fourth-order valence-corrected chi connectivity index (χ4v) is 1.50. The number of amides is 2. The number of carbonyl (C=O) groups is 2. The van der Waals surface area contributed by atoms with Gasteiger partial charge in [-0.05, 0) is 0 Å². The van der Waals surface area contributed by atoms with E-state index in [2.05, 4.69) is 11.2 Å². The topological polar surface area (TPSA) is 89.9 Å². The van der Waals surface area contributed by atoms with Crippen molar-refractivity contribution in [2.75, 3.05) is 13.1 Å². The van der Waals surface area contributed by atoms with Crippen molar-refractivity contribution in [3.05, 3.63) is 0 Å². The van der Waals surface area contributed by atoms with E-state index in [0.29, 0.717) is 0 Å². The molecule has 0 saturated carbocycles. The smallest absolute Gasteiger partial charge is 0.326 e. The average Bonchev–Trinajstić information content (AvgIpc) is 2.57. The van der Waals surface area contributed by atoms with Crippen LogP contribution in [0.4, 0.5) is 4.79 Å². The first-order valence-electron chi connectivity index (χ1n) is 4.45.